The number of aliphatic hydroxyl groups is 1. The first-order valence-electron chi connectivity index (χ1n) is 4.32. The number of aromatic nitrogens is 1. The Kier molecular flexibility index (Phi) is 3.87. The van der Waals surface area contributed by atoms with Gasteiger partial charge in [-0.2, -0.15) is 0 Å². The smallest absolute Gasteiger partial charge is 0.267 e. The van der Waals surface area contributed by atoms with Gasteiger partial charge < -0.3 is 15.4 Å². The van der Waals surface area contributed by atoms with Crippen LogP contribution in [0.2, 0.25) is 0 Å². The number of hydrogen-bond donors (Lipinski definition) is 3. The molecular formula is C9H12N2O3. The largest absolute Gasteiger partial charge is 0.396 e. The SMILES string of the molecule is O=C(NCCCO)c1cccc(=O)[nH]1. The van der Waals surface area contributed by atoms with E-state index in [0.717, 1.165) is 0 Å². The van der Waals surface area contributed by atoms with Gasteiger partial charge in [-0.25, -0.2) is 0 Å². The topological polar surface area (TPSA) is 82.2 Å². The van der Waals surface area contributed by atoms with Crippen LogP contribution in [0, 0.1) is 0 Å². The van der Waals surface area contributed by atoms with Crippen molar-refractivity contribution >= 4 is 5.91 Å². The summed E-state index contributed by atoms with van der Waals surface area (Å²) in [5, 5.41) is 11.0. The van der Waals surface area contributed by atoms with E-state index >= 15 is 0 Å². The highest BCUT2D eigenvalue weighted by atomic mass is 16.3. The number of aliphatic hydroxyl groups excluding tert-OH is 1. The van der Waals surface area contributed by atoms with Crippen molar-refractivity contribution in [3.8, 4) is 0 Å². The number of rotatable bonds is 4. The molecule has 0 aliphatic carbocycles. The van der Waals surface area contributed by atoms with Crippen molar-refractivity contribution in [2.45, 2.75) is 6.42 Å². The van der Waals surface area contributed by atoms with Crippen LogP contribution >= 0.6 is 0 Å². The van der Waals surface area contributed by atoms with Gasteiger partial charge in [0.05, 0.1) is 0 Å². The molecule has 14 heavy (non-hydrogen) atoms. The molecule has 0 atom stereocenters. The third kappa shape index (κ3) is 3.02. The minimum atomic E-state index is -0.337. The maximum Gasteiger partial charge on any atom is 0.267 e. The molecular weight excluding hydrogens is 184 g/mol. The molecule has 1 rings (SSSR count). The predicted octanol–water partition coefficient (Wildman–Crippen LogP) is -0.513. The van der Waals surface area contributed by atoms with Crippen LogP contribution in [0.3, 0.4) is 0 Å². The van der Waals surface area contributed by atoms with E-state index in [1.165, 1.54) is 18.2 Å². The summed E-state index contributed by atoms with van der Waals surface area (Å²) in [6, 6.07) is 4.37. The van der Waals surface area contributed by atoms with E-state index in [1.54, 1.807) is 0 Å². The van der Waals surface area contributed by atoms with E-state index in [0.29, 0.717) is 13.0 Å². The third-order valence-electron chi connectivity index (χ3n) is 1.63. The summed E-state index contributed by atoms with van der Waals surface area (Å²) < 4.78 is 0. The molecule has 0 bridgehead atoms. The fraction of sp³-hybridized carbons (Fsp3) is 0.333. The number of nitrogens with one attached hydrogen (secondary N) is 2. The predicted molar refractivity (Wildman–Crippen MR) is 51.1 cm³/mol. The van der Waals surface area contributed by atoms with Crippen LogP contribution in [-0.2, 0) is 0 Å². The Balaban J connectivity index is 2.56. The molecule has 0 fully saturated rings. The lowest BCUT2D eigenvalue weighted by Crippen LogP contribution is -2.27. The number of pyridine rings is 1. The van der Waals surface area contributed by atoms with Gasteiger partial charge in [0.1, 0.15) is 5.69 Å². The lowest BCUT2D eigenvalue weighted by Gasteiger charge is -2.02. The second-order valence-corrected chi connectivity index (χ2v) is 2.76. The van der Waals surface area contributed by atoms with Gasteiger partial charge in [0, 0.05) is 19.2 Å². The van der Waals surface area contributed by atoms with Crippen LogP contribution in [0.1, 0.15) is 16.9 Å². The normalized spacial score (nSPS) is 9.79. The maximum absolute atomic E-state index is 11.3. The summed E-state index contributed by atoms with van der Waals surface area (Å²) in [7, 11) is 0. The second kappa shape index (κ2) is 5.18. The lowest BCUT2D eigenvalue weighted by atomic mass is 10.3. The van der Waals surface area contributed by atoms with Gasteiger partial charge in [0.15, 0.2) is 0 Å². The number of amides is 1. The van der Waals surface area contributed by atoms with E-state index in [-0.39, 0.29) is 23.8 Å². The molecule has 0 saturated carbocycles. The van der Waals surface area contributed by atoms with Gasteiger partial charge in [-0.15, -0.1) is 0 Å². The summed E-state index contributed by atoms with van der Waals surface area (Å²) in [4.78, 5) is 24.6. The molecule has 76 valence electrons. The van der Waals surface area contributed by atoms with E-state index in [1.807, 2.05) is 0 Å². The summed E-state index contributed by atoms with van der Waals surface area (Å²) in [5.41, 5.74) is -0.0738. The van der Waals surface area contributed by atoms with Crippen LogP contribution in [0.5, 0.6) is 0 Å². The fourth-order valence-corrected chi connectivity index (χ4v) is 0.956. The molecule has 3 N–H and O–H groups in total. The Bertz CT molecular complexity index is 359. The van der Waals surface area contributed by atoms with Gasteiger partial charge in [-0.3, -0.25) is 9.59 Å². The van der Waals surface area contributed by atoms with Crippen molar-refractivity contribution < 1.29 is 9.90 Å². The molecule has 0 spiro atoms. The first-order valence-corrected chi connectivity index (χ1v) is 4.32. The van der Waals surface area contributed by atoms with Crippen LogP contribution in [0.15, 0.2) is 23.0 Å². The highest BCUT2D eigenvalue weighted by Gasteiger charge is 2.03. The molecule has 1 amide bonds. The second-order valence-electron chi connectivity index (χ2n) is 2.76. The van der Waals surface area contributed by atoms with Crippen molar-refractivity contribution in [1.82, 2.24) is 10.3 Å². The van der Waals surface area contributed by atoms with E-state index in [4.69, 9.17) is 5.11 Å². The zero-order chi connectivity index (χ0) is 10.4. The highest BCUT2D eigenvalue weighted by Crippen LogP contribution is 1.89. The third-order valence-corrected chi connectivity index (χ3v) is 1.63. The molecule has 0 aliphatic heterocycles. The van der Waals surface area contributed by atoms with Crippen LogP contribution < -0.4 is 10.9 Å². The zero-order valence-electron chi connectivity index (χ0n) is 7.62. The molecule has 1 aromatic rings. The quantitative estimate of drug-likeness (QED) is 0.567. The maximum atomic E-state index is 11.3. The number of hydrogen-bond acceptors (Lipinski definition) is 3. The van der Waals surface area contributed by atoms with Crippen LogP contribution in [0.4, 0.5) is 0 Å². The average Bonchev–Trinajstić information content (AvgIpc) is 2.18. The summed E-state index contributed by atoms with van der Waals surface area (Å²) in [6.07, 6.45) is 0.503. The van der Waals surface area contributed by atoms with Crippen molar-refractivity contribution in [1.29, 1.82) is 0 Å². The standard InChI is InChI=1S/C9H12N2O3/c12-6-2-5-10-9(14)7-3-1-4-8(13)11-7/h1,3-4,12H,2,5-6H2,(H,10,14)(H,11,13). The molecule has 0 unspecified atom stereocenters. The van der Waals surface area contributed by atoms with Crippen molar-refractivity contribution in [3.05, 3.63) is 34.2 Å². The minimum Gasteiger partial charge on any atom is -0.396 e. The molecule has 5 nitrogen and oxygen atoms in total. The van der Waals surface area contributed by atoms with Gasteiger partial charge in [0.2, 0.25) is 5.56 Å². The van der Waals surface area contributed by atoms with Crippen LogP contribution in [0.25, 0.3) is 0 Å². The number of H-pyrrole nitrogens is 1. The lowest BCUT2D eigenvalue weighted by molar-refractivity contribution is 0.0946. The van der Waals surface area contributed by atoms with Crippen molar-refractivity contribution in [2.75, 3.05) is 13.2 Å². The van der Waals surface area contributed by atoms with Gasteiger partial charge in [0.25, 0.3) is 5.91 Å². The van der Waals surface area contributed by atoms with E-state index in [2.05, 4.69) is 10.3 Å². The Hall–Kier alpha value is -1.62. The fourth-order valence-electron chi connectivity index (χ4n) is 0.956. The van der Waals surface area contributed by atoms with Crippen molar-refractivity contribution in [2.24, 2.45) is 0 Å². The molecule has 0 radical (unpaired) electrons. The van der Waals surface area contributed by atoms with Crippen molar-refractivity contribution in [3.63, 3.8) is 0 Å². The Morgan fingerprint density at radius 3 is 2.93 bits per heavy atom. The Morgan fingerprint density at radius 1 is 1.50 bits per heavy atom. The van der Waals surface area contributed by atoms with Gasteiger partial charge in [-0.1, -0.05) is 6.07 Å². The zero-order valence-corrected chi connectivity index (χ0v) is 7.62. The Morgan fingerprint density at radius 2 is 2.29 bits per heavy atom. The monoisotopic (exact) mass is 196 g/mol. The molecule has 1 heterocycles. The molecule has 0 saturated heterocycles. The van der Waals surface area contributed by atoms with E-state index < -0.39 is 0 Å². The van der Waals surface area contributed by atoms with Crippen LogP contribution in [-0.4, -0.2) is 29.1 Å². The average molecular weight is 196 g/mol. The highest BCUT2D eigenvalue weighted by molar-refractivity contribution is 5.92. The minimum absolute atomic E-state index is 0.0333. The Labute approximate surface area is 80.8 Å². The molecule has 0 aromatic carbocycles. The first kappa shape index (κ1) is 10.5. The molecule has 5 heteroatoms. The number of carbonyl (C=O) groups excluding carboxylic acids is 1. The summed E-state index contributed by atoms with van der Waals surface area (Å²) >= 11 is 0. The van der Waals surface area contributed by atoms with Gasteiger partial charge >= 0.3 is 0 Å². The molecule has 0 aliphatic rings. The molecule has 1 aromatic heterocycles. The summed E-state index contributed by atoms with van der Waals surface area (Å²) in [5.74, 6) is -0.337. The number of aromatic amines is 1. The van der Waals surface area contributed by atoms with E-state index in [9.17, 15) is 9.59 Å². The number of carbonyl (C=O) groups is 1. The summed E-state index contributed by atoms with van der Waals surface area (Å²) in [6.45, 7) is 0.428. The first-order chi connectivity index (χ1) is 6.74. The van der Waals surface area contributed by atoms with Gasteiger partial charge in [-0.05, 0) is 12.5 Å².